The fraction of sp³-hybridized carbons (Fsp3) is 0.200. The summed E-state index contributed by atoms with van der Waals surface area (Å²) in [6.07, 6.45) is 2.00. The second-order valence-electron chi connectivity index (χ2n) is 11.2. The van der Waals surface area contributed by atoms with Gasteiger partial charge in [0.1, 0.15) is 5.75 Å². The van der Waals surface area contributed by atoms with Gasteiger partial charge in [-0.3, -0.25) is 4.79 Å². The van der Waals surface area contributed by atoms with Crippen molar-refractivity contribution >= 4 is 5.91 Å². The Balaban J connectivity index is 1.21. The van der Waals surface area contributed by atoms with Crippen LogP contribution in [0.2, 0.25) is 0 Å². The number of nitriles is 1. The lowest BCUT2D eigenvalue weighted by Gasteiger charge is -2.24. The van der Waals surface area contributed by atoms with Gasteiger partial charge in [0, 0.05) is 26.1 Å². The van der Waals surface area contributed by atoms with E-state index < -0.39 is 0 Å². The van der Waals surface area contributed by atoms with E-state index in [-0.39, 0.29) is 5.91 Å². The van der Waals surface area contributed by atoms with Crippen LogP contribution >= 0.6 is 0 Å². The number of amides is 1. The van der Waals surface area contributed by atoms with Gasteiger partial charge in [-0.15, -0.1) is 0 Å². The average Bonchev–Trinajstić information content (AvgIpc) is 3.10. The molecule has 0 saturated carbocycles. The van der Waals surface area contributed by atoms with Crippen LogP contribution in [-0.2, 0) is 37.3 Å². The van der Waals surface area contributed by atoms with E-state index in [1.807, 2.05) is 47.4 Å². The largest absolute Gasteiger partial charge is 0.496 e. The van der Waals surface area contributed by atoms with Gasteiger partial charge in [-0.25, -0.2) is 0 Å². The molecule has 0 radical (unpaired) electrons. The number of carbonyl (C=O) groups excluding carboxylic acids is 1. The Morgan fingerprint density at radius 1 is 0.689 bits per heavy atom. The van der Waals surface area contributed by atoms with E-state index in [1.165, 1.54) is 11.1 Å². The summed E-state index contributed by atoms with van der Waals surface area (Å²) in [5.74, 6) is 0.870. The molecule has 1 amide bonds. The lowest BCUT2D eigenvalue weighted by Crippen LogP contribution is -2.30. The summed E-state index contributed by atoms with van der Waals surface area (Å²) < 4.78 is 5.49. The highest BCUT2D eigenvalue weighted by Gasteiger charge is 2.16. The molecule has 0 aliphatic heterocycles. The highest BCUT2D eigenvalue weighted by atomic mass is 16.5. The molecule has 45 heavy (non-hydrogen) atoms. The summed E-state index contributed by atoms with van der Waals surface area (Å²) in [6.45, 7) is 2.75. The molecule has 0 unspecified atom stereocenters. The number of para-hydroxylation sites is 1. The fourth-order valence-electron chi connectivity index (χ4n) is 5.39. The minimum absolute atomic E-state index is 0.0716. The van der Waals surface area contributed by atoms with Crippen LogP contribution < -0.4 is 10.1 Å². The van der Waals surface area contributed by atoms with Gasteiger partial charge in [0.15, 0.2) is 0 Å². The molecular weight excluding hydrogens is 554 g/mol. The van der Waals surface area contributed by atoms with Crippen LogP contribution in [0.3, 0.4) is 0 Å². The van der Waals surface area contributed by atoms with Crippen LogP contribution in [0, 0.1) is 11.3 Å². The van der Waals surface area contributed by atoms with E-state index >= 15 is 0 Å². The van der Waals surface area contributed by atoms with Crippen LogP contribution in [0.5, 0.6) is 5.75 Å². The minimum atomic E-state index is 0.0716. The van der Waals surface area contributed by atoms with Crippen molar-refractivity contribution in [2.24, 2.45) is 0 Å². The molecule has 0 fully saturated rings. The Kier molecular flexibility index (Phi) is 11.1. The van der Waals surface area contributed by atoms with Crippen molar-refractivity contribution in [2.45, 2.75) is 38.9 Å². The van der Waals surface area contributed by atoms with Gasteiger partial charge < -0.3 is 15.0 Å². The molecule has 1 N–H and O–H groups in total. The third kappa shape index (κ3) is 9.15. The predicted molar refractivity (Wildman–Crippen MR) is 180 cm³/mol. The zero-order chi connectivity index (χ0) is 31.3. The van der Waals surface area contributed by atoms with Crippen molar-refractivity contribution in [1.82, 2.24) is 10.2 Å². The number of aryl methyl sites for hydroxylation is 1. The smallest absolute Gasteiger partial charge is 0.223 e. The number of nitrogens with one attached hydrogen (secondary N) is 1. The second kappa shape index (κ2) is 16.0. The zero-order valence-corrected chi connectivity index (χ0v) is 25.8. The molecule has 0 bridgehead atoms. The molecule has 5 heteroatoms. The van der Waals surface area contributed by atoms with Crippen molar-refractivity contribution in [3.63, 3.8) is 0 Å². The van der Waals surface area contributed by atoms with E-state index in [0.29, 0.717) is 31.5 Å². The maximum absolute atomic E-state index is 13.6. The molecular formula is C40H39N3O2. The molecule has 0 spiro atoms. The third-order valence-electron chi connectivity index (χ3n) is 7.99. The van der Waals surface area contributed by atoms with Gasteiger partial charge in [-0.05, 0) is 76.5 Å². The Morgan fingerprint density at radius 3 is 1.89 bits per heavy atom. The molecule has 0 aliphatic rings. The van der Waals surface area contributed by atoms with Crippen molar-refractivity contribution in [1.29, 1.82) is 5.26 Å². The number of hydrogen-bond acceptors (Lipinski definition) is 4. The Hall–Kier alpha value is -5.18. The first kappa shape index (κ1) is 31.3. The first-order valence-electron chi connectivity index (χ1n) is 15.4. The van der Waals surface area contributed by atoms with Crippen molar-refractivity contribution in [2.75, 3.05) is 13.7 Å². The number of methoxy groups -OCH3 is 1. The molecule has 5 nitrogen and oxygen atoms in total. The average molecular weight is 594 g/mol. The number of benzene rings is 5. The maximum Gasteiger partial charge on any atom is 0.223 e. The fourth-order valence-corrected chi connectivity index (χ4v) is 5.39. The molecule has 0 atom stereocenters. The minimum Gasteiger partial charge on any atom is -0.496 e. The summed E-state index contributed by atoms with van der Waals surface area (Å²) in [5, 5.41) is 12.7. The second-order valence-corrected chi connectivity index (χ2v) is 11.2. The predicted octanol–water partition coefficient (Wildman–Crippen LogP) is 7.73. The lowest BCUT2D eigenvalue weighted by atomic mass is 10.0. The first-order valence-corrected chi connectivity index (χ1v) is 15.4. The number of rotatable bonds is 14. The van der Waals surface area contributed by atoms with Crippen molar-refractivity contribution in [3.05, 3.63) is 161 Å². The van der Waals surface area contributed by atoms with E-state index in [0.717, 1.165) is 53.1 Å². The molecule has 5 aromatic rings. The summed E-state index contributed by atoms with van der Waals surface area (Å²) in [5.41, 5.74) is 8.59. The molecule has 0 aliphatic carbocycles. The highest BCUT2D eigenvalue weighted by Crippen LogP contribution is 2.23. The highest BCUT2D eigenvalue weighted by molar-refractivity contribution is 5.76. The Bertz CT molecular complexity index is 1690. The Labute approximate surface area is 266 Å². The molecule has 5 rings (SSSR count). The van der Waals surface area contributed by atoms with E-state index in [1.54, 1.807) is 19.2 Å². The van der Waals surface area contributed by atoms with Crippen LogP contribution in [0.25, 0.3) is 11.1 Å². The molecule has 226 valence electrons. The number of hydrogen-bond donors (Lipinski definition) is 1. The normalized spacial score (nSPS) is 10.7. The van der Waals surface area contributed by atoms with Crippen LogP contribution in [0.4, 0.5) is 0 Å². The van der Waals surface area contributed by atoms with Gasteiger partial charge in [-0.2, -0.15) is 5.26 Å². The van der Waals surface area contributed by atoms with Crippen molar-refractivity contribution < 1.29 is 9.53 Å². The van der Waals surface area contributed by atoms with Gasteiger partial charge in [0.2, 0.25) is 5.91 Å². The van der Waals surface area contributed by atoms with Gasteiger partial charge in [-0.1, -0.05) is 109 Å². The lowest BCUT2D eigenvalue weighted by molar-refractivity contribution is -0.132. The Morgan fingerprint density at radius 2 is 1.27 bits per heavy atom. The van der Waals surface area contributed by atoms with Gasteiger partial charge in [0.25, 0.3) is 0 Å². The summed E-state index contributed by atoms with van der Waals surface area (Å²) in [4.78, 5) is 15.5. The standard InChI is InChI=1S/C40H39N3O2/c1-45-39-10-6-5-9-38(39)23-24-40(44)43(29-34-13-11-32(27-41)12-14-34)30-35-17-21-37(22-18-35)36-19-15-33(16-20-36)28-42-26-25-31-7-3-2-4-8-31/h2-22,42H,23-26,28-30H2,1H3. The SMILES string of the molecule is COc1ccccc1CCC(=O)N(Cc1ccc(C#N)cc1)Cc1ccc(-c2ccc(CNCCc3ccccc3)cc2)cc1. The van der Waals surface area contributed by atoms with Crippen LogP contribution in [0.15, 0.2) is 127 Å². The summed E-state index contributed by atoms with van der Waals surface area (Å²) >= 11 is 0. The van der Waals surface area contributed by atoms with Crippen LogP contribution in [-0.4, -0.2) is 24.5 Å². The topological polar surface area (TPSA) is 65.4 Å². The quantitative estimate of drug-likeness (QED) is 0.134. The molecule has 5 aromatic carbocycles. The summed E-state index contributed by atoms with van der Waals surface area (Å²) in [6, 6.07) is 45.1. The zero-order valence-electron chi connectivity index (χ0n) is 25.8. The third-order valence-corrected chi connectivity index (χ3v) is 7.99. The van der Waals surface area contributed by atoms with E-state index in [4.69, 9.17) is 4.74 Å². The van der Waals surface area contributed by atoms with Gasteiger partial charge in [0.05, 0.1) is 18.7 Å². The molecule has 0 heterocycles. The monoisotopic (exact) mass is 593 g/mol. The number of ether oxygens (including phenoxy) is 1. The van der Waals surface area contributed by atoms with E-state index in [2.05, 4.69) is 84.2 Å². The van der Waals surface area contributed by atoms with Crippen molar-refractivity contribution in [3.8, 4) is 22.9 Å². The number of nitrogens with zero attached hydrogens (tertiary/aromatic N) is 2. The number of carbonyl (C=O) groups is 1. The molecule has 0 saturated heterocycles. The van der Waals surface area contributed by atoms with Gasteiger partial charge >= 0.3 is 0 Å². The van der Waals surface area contributed by atoms with E-state index in [9.17, 15) is 10.1 Å². The van der Waals surface area contributed by atoms with Crippen LogP contribution in [0.1, 0.15) is 39.8 Å². The first-order chi connectivity index (χ1) is 22.1. The maximum atomic E-state index is 13.6. The summed E-state index contributed by atoms with van der Waals surface area (Å²) in [7, 11) is 1.65. The molecule has 0 aromatic heterocycles.